The third-order valence-electron chi connectivity index (χ3n) is 5.42. The normalized spacial score (nSPS) is 22.4. The van der Waals surface area contributed by atoms with Crippen LogP contribution in [0.1, 0.15) is 25.8 Å². The molecule has 0 spiro atoms. The van der Waals surface area contributed by atoms with E-state index in [4.69, 9.17) is 0 Å². The van der Waals surface area contributed by atoms with Crippen molar-refractivity contribution in [2.24, 2.45) is 5.92 Å². The molecular formula is C22H20FN. The number of pyridine rings is 1. The highest BCUT2D eigenvalue weighted by Crippen LogP contribution is 2.55. The van der Waals surface area contributed by atoms with Gasteiger partial charge in [-0.25, -0.2) is 4.39 Å². The van der Waals surface area contributed by atoms with Gasteiger partial charge in [-0.15, -0.1) is 0 Å². The van der Waals surface area contributed by atoms with Crippen molar-refractivity contribution < 1.29 is 4.39 Å². The van der Waals surface area contributed by atoms with E-state index in [1.807, 2.05) is 6.20 Å². The van der Waals surface area contributed by atoms with Gasteiger partial charge >= 0.3 is 0 Å². The van der Waals surface area contributed by atoms with E-state index in [2.05, 4.69) is 55.2 Å². The first kappa shape index (κ1) is 15.1. The van der Waals surface area contributed by atoms with Gasteiger partial charge in [0, 0.05) is 17.3 Å². The van der Waals surface area contributed by atoms with Crippen LogP contribution in [-0.2, 0) is 5.41 Å². The van der Waals surface area contributed by atoms with E-state index < -0.39 is 0 Å². The zero-order valence-corrected chi connectivity index (χ0v) is 14.0. The highest BCUT2D eigenvalue weighted by molar-refractivity contribution is 5.70. The van der Waals surface area contributed by atoms with Gasteiger partial charge in [0.1, 0.15) is 5.82 Å². The average Bonchev–Trinajstić information content (AvgIpc) is 3.24. The van der Waals surface area contributed by atoms with Crippen molar-refractivity contribution in [3.05, 3.63) is 78.2 Å². The molecule has 1 fully saturated rings. The van der Waals surface area contributed by atoms with Gasteiger partial charge in [0.25, 0.3) is 0 Å². The first-order valence-corrected chi connectivity index (χ1v) is 8.40. The third kappa shape index (κ3) is 2.52. The second kappa shape index (κ2) is 5.55. The van der Waals surface area contributed by atoms with Crippen LogP contribution in [0.2, 0.25) is 0 Å². The van der Waals surface area contributed by atoms with Crippen molar-refractivity contribution in [1.82, 2.24) is 4.98 Å². The number of hydrogen-bond donors (Lipinski definition) is 0. The SMILES string of the molecule is CC1CC1(C)c1ccccc1-c1ccc(-c2ccc(F)cc2)cn1. The standard InChI is InChI=1S/C22H20FN/c1-15-13-22(15,2)20-6-4-3-5-19(20)21-12-9-17(14-24-21)16-7-10-18(23)11-8-16/h3-12,14-15H,13H2,1-2H3. The minimum atomic E-state index is -0.218. The zero-order chi connectivity index (χ0) is 16.7. The fraction of sp³-hybridized carbons (Fsp3) is 0.227. The van der Waals surface area contributed by atoms with Gasteiger partial charge in [0.2, 0.25) is 0 Å². The lowest BCUT2D eigenvalue weighted by molar-refractivity contribution is 0.628. The molecule has 0 amide bonds. The summed E-state index contributed by atoms with van der Waals surface area (Å²) in [5, 5.41) is 0. The van der Waals surface area contributed by atoms with E-state index >= 15 is 0 Å². The highest BCUT2D eigenvalue weighted by Gasteiger charge is 2.48. The van der Waals surface area contributed by atoms with E-state index in [1.165, 1.54) is 29.7 Å². The summed E-state index contributed by atoms with van der Waals surface area (Å²) in [6, 6.07) is 19.2. The van der Waals surface area contributed by atoms with Gasteiger partial charge in [0.05, 0.1) is 5.69 Å². The summed E-state index contributed by atoms with van der Waals surface area (Å²) in [6.45, 7) is 4.64. The van der Waals surface area contributed by atoms with Crippen LogP contribution in [0.15, 0.2) is 66.9 Å². The molecule has 0 N–H and O–H groups in total. The van der Waals surface area contributed by atoms with E-state index in [9.17, 15) is 4.39 Å². The Bertz CT molecular complexity index is 867. The van der Waals surface area contributed by atoms with Crippen LogP contribution in [0.3, 0.4) is 0 Å². The molecule has 0 saturated heterocycles. The van der Waals surface area contributed by atoms with Crippen molar-refractivity contribution in [2.75, 3.05) is 0 Å². The van der Waals surface area contributed by atoms with Gasteiger partial charge in [-0.05, 0) is 47.1 Å². The predicted molar refractivity (Wildman–Crippen MR) is 96.2 cm³/mol. The second-order valence-electron chi connectivity index (χ2n) is 7.01. The molecule has 0 aliphatic heterocycles. The minimum Gasteiger partial charge on any atom is -0.256 e. The van der Waals surface area contributed by atoms with Gasteiger partial charge in [-0.2, -0.15) is 0 Å². The van der Waals surface area contributed by atoms with E-state index in [-0.39, 0.29) is 11.2 Å². The molecule has 1 aromatic heterocycles. The Balaban J connectivity index is 1.70. The molecular weight excluding hydrogens is 297 g/mol. The molecule has 24 heavy (non-hydrogen) atoms. The molecule has 3 aromatic rings. The molecule has 0 radical (unpaired) electrons. The number of nitrogens with zero attached hydrogens (tertiary/aromatic N) is 1. The Morgan fingerprint density at radius 2 is 1.62 bits per heavy atom. The number of halogens is 1. The van der Waals surface area contributed by atoms with Crippen LogP contribution >= 0.6 is 0 Å². The lowest BCUT2D eigenvalue weighted by Gasteiger charge is -2.16. The van der Waals surface area contributed by atoms with Crippen molar-refractivity contribution in [2.45, 2.75) is 25.7 Å². The Morgan fingerprint density at radius 1 is 0.958 bits per heavy atom. The van der Waals surface area contributed by atoms with E-state index in [0.29, 0.717) is 0 Å². The highest BCUT2D eigenvalue weighted by atomic mass is 19.1. The monoisotopic (exact) mass is 317 g/mol. The lowest BCUT2D eigenvalue weighted by atomic mass is 9.89. The Hall–Kier alpha value is -2.48. The van der Waals surface area contributed by atoms with E-state index in [1.54, 1.807) is 12.1 Å². The van der Waals surface area contributed by atoms with Gasteiger partial charge in [0.15, 0.2) is 0 Å². The largest absolute Gasteiger partial charge is 0.256 e. The van der Waals surface area contributed by atoms with Crippen molar-refractivity contribution >= 4 is 0 Å². The number of aromatic nitrogens is 1. The quantitative estimate of drug-likeness (QED) is 0.590. The first-order valence-electron chi connectivity index (χ1n) is 8.40. The molecule has 0 bridgehead atoms. The molecule has 4 rings (SSSR count). The maximum atomic E-state index is 13.1. The Labute approximate surface area is 142 Å². The smallest absolute Gasteiger partial charge is 0.123 e. The summed E-state index contributed by atoms with van der Waals surface area (Å²) in [5.41, 5.74) is 5.86. The number of benzene rings is 2. The fourth-order valence-corrected chi connectivity index (χ4v) is 3.52. The molecule has 1 saturated carbocycles. The first-order chi connectivity index (χ1) is 11.6. The molecule has 120 valence electrons. The maximum Gasteiger partial charge on any atom is 0.123 e. The average molecular weight is 317 g/mol. The summed E-state index contributed by atoms with van der Waals surface area (Å²) in [5.74, 6) is 0.501. The van der Waals surface area contributed by atoms with Crippen LogP contribution in [0.4, 0.5) is 4.39 Å². The van der Waals surface area contributed by atoms with Crippen LogP contribution in [0, 0.1) is 11.7 Å². The van der Waals surface area contributed by atoms with Crippen LogP contribution in [-0.4, -0.2) is 4.98 Å². The van der Waals surface area contributed by atoms with E-state index in [0.717, 1.165) is 22.7 Å². The fourth-order valence-electron chi connectivity index (χ4n) is 3.52. The van der Waals surface area contributed by atoms with Crippen LogP contribution < -0.4 is 0 Å². The van der Waals surface area contributed by atoms with Crippen LogP contribution in [0.25, 0.3) is 22.4 Å². The summed E-state index contributed by atoms with van der Waals surface area (Å²) in [4.78, 5) is 4.68. The Kier molecular flexibility index (Phi) is 3.49. The van der Waals surface area contributed by atoms with Gasteiger partial charge in [-0.3, -0.25) is 4.98 Å². The summed E-state index contributed by atoms with van der Waals surface area (Å²) in [6.07, 6.45) is 3.11. The number of hydrogen-bond acceptors (Lipinski definition) is 1. The van der Waals surface area contributed by atoms with Crippen molar-refractivity contribution in [1.29, 1.82) is 0 Å². The van der Waals surface area contributed by atoms with Crippen molar-refractivity contribution in [3.63, 3.8) is 0 Å². The summed E-state index contributed by atoms with van der Waals surface area (Å²) < 4.78 is 13.1. The molecule has 2 atom stereocenters. The number of rotatable bonds is 3. The zero-order valence-electron chi connectivity index (χ0n) is 14.0. The topological polar surface area (TPSA) is 12.9 Å². The molecule has 1 heterocycles. The van der Waals surface area contributed by atoms with Crippen LogP contribution in [0.5, 0.6) is 0 Å². The summed E-state index contributed by atoms with van der Waals surface area (Å²) >= 11 is 0. The third-order valence-corrected chi connectivity index (χ3v) is 5.42. The molecule has 2 unspecified atom stereocenters. The lowest BCUT2D eigenvalue weighted by Crippen LogP contribution is -2.05. The maximum absolute atomic E-state index is 13.1. The molecule has 1 aliphatic carbocycles. The Morgan fingerprint density at radius 3 is 2.25 bits per heavy atom. The molecule has 1 nitrogen and oxygen atoms in total. The summed E-state index contributed by atoms with van der Waals surface area (Å²) in [7, 11) is 0. The van der Waals surface area contributed by atoms with Crippen molar-refractivity contribution in [3.8, 4) is 22.4 Å². The van der Waals surface area contributed by atoms with Gasteiger partial charge in [-0.1, -0.05) is 56.3 Å². The second-order valence-corrected chi connectivity index (χ2v) is 7.01. The minimum absolute atomic E-state index is 0.218. The van der Waals surface area contributed by atoms with Gasteiger partial charge < -0.3 is 0 Å². The predicted octanol–water partition coefficient (Wildman–Crippen LogP) is 5.85. The molecule has 2 heteroatoms. The molecule has 2 aromatic carbocycles. The molecule has 1 aliphatic rings.